The summed E-state index contributed by atoms with van der Waals surface area (Å²) in [5.74, 6) is -0.452. The van der Waals surface area contributed by atoms with E-state index >= 15 is 0 Å². The van der Waals surface area contributed by atoms with E-state index in [0.29, 0.717) is 15.5 Å². The molecule has 1 aromatic carbocycles. The van der Waals surface area contributed by atoms with E-state index in [9.17, 15) is 9.18 Å². The number of hydrogen-bond donors (Lipinski definition) is 0. The van der Waals surface area contributed by atoms with Crippen molar-refractivity contribution in [2.24, 2.45) is 5.41 Å². The predicted octanol–water partition coefficient (Wildman–Crippen LogP) is 4.24. The number of hydrogen-bond acceptors (Lipinski definition) is 1. The maximum atomic E-state index is 13.3. The van der Waals surface area contributed by atoms with Crippen LogP contribution < -0.4 is 0 Å². The molecule has 0 N–H and O–H groups in total. The summed E-state index contributed by atoms with van der Waals surface area (Å²) in [4.78, 5) is 14.2. The second-order valence-electron chi connectivity index (χ2n) is 5.58. The second kappa shape index (κ2) is 5.61. The van der Waals surface area contributed by atoms with E-state index in [1.807, 2.05) is 4.90 Å². The van der Waals surface area contributed by atoms with Crippen LogP contribution >= 0.6 is 15.9 Å². The van der Waals surface area contributed by atoms with E-state index in [4.69, 9.17) is 0 Å². The standard InChI is InChI=1S/C15H19BrFNO/c1-3-15(2)6-8-18(9-7-15)14(19)12-10-11(17)4-5-13(12)16/h4-5,10H,3,6-9H2,1-2H3. The average molecular weight is 328 g/mol. The van der Waals surface area contributed by atoms with Gasteiger partial charge in [-0.1, -0.05) is 20.3 Å². The second-order valence-corrected chi connectivity index (χ2v) is 6.43. The van der Waals surface area contributed by atoms with Crippen molar-refractivity contribution in [1.82, 2.24) is 4.90 Å². The quantitative estimate of drug-likeness (QED) is 0.795. The minimum atomic E-state index is -0.373. The van der Waals surface area contributed by atoms with E-state index in [1.165, 1.54) is 12.1 Å². The smallest absolute Gasteiger partial charge is 0.255 e. The number of amides is 1. The van der Waals surface area contributed by atoms with Gasteiger partial charge in [0.05, 0.1) is 5.56 Å². The number of benzene rings is 1. The molecule has 0 unspecified atom stereocenters. The Morgan fingerprint density at radius 3 is 2.63 bits per heavy atom. The highest BCUT2D eigenvalue weighted by molar-refractivity contribution is 9.10. The molecule has 0 atom stereocenters. The molecule has 1 aliphatic heterocycles. The molecule has 1 fully saturated rings. The van der Waals surface area contributed by atoms with Crippen LogP contribution in [0.5, 0.6) is 0 Å². The summed E-state index contributed by atoms with van der Waals surface area (Å²) in [5.41, 5.74) is 0.760. The van der Waals surface area contributed by atoms with Crippen LogP contribution in [0.15, 0.2) is 22.7 Å². The van der Waals surface area contributed by atoms with Crippen LogP contribution in [0.25, 0.3) is 0 Å². The lowest BCUT2D eigenvalue weighted by molar-refractivity contribution is 0.0599. The highest BCUT2D eigenvalue weighted by Crippen LogP contribution is 2.34. The largest absolute Gasteiger partial charge is 0.339 e. The van der Waals surface area contributed by atoms with Gasteiger partial charge in [-0.25, -0.2) is 4.39 Å². The molecule has 0 spiro atoms. The van der Waals surface area contributed by atoms with Crippen molar-refractivity contribution in [3.05, 3.63) is 34.1 Å². The minimum Gasteiger partial charge on any atom is -0.339 e. The van der Waals surface area contributed by atoms with Gasteiger partial charge in [-0.3, -0.25) is 4.79 Å². The zero-order chi connectivity index (χ0) is 14.0. The van der Waals surface area contributed by atoms with Crippen molar-refractivity contribution < 1.29 is 9.18 Å². The Hall–Kier alpha value is -0.900. The predicted molar refractivity (Wildman–Crippen MR) is 77.6 cm³/mol. The van der Waals surface area contributed by atoms with Gasteiger partial charge in [0.25, 0.3) is 5.91 Å². The number of likely N-dealkylation sites (tertiary alicyclic amines) is 1. The Morgan fingerprint density at radius 1 is 1.42 bits per heavy atom. The number of halogens is 2. The SMILES string of the molecule is CCC1(C)CCN(C(=O)c2cc(F)ccc2Br)CC1. The third kappa shape index (κ3) is 3.16. The first-order valence-corrected chi connectivity index (χ1v) is 7.49. The molecule has 2 nitrogen and oxygen atoms in total. The maximum Gasteiger partial charge on any atom is 0.255 e. The molecular weight excluding hydrogens is 309 g/mol. The lowest BCUT2D eigenvalue weighted by atomic mass is 9.78. The van der Waals surface area contributed by atoms with Gasteiger partial charge >= 0.3 is 0 Å². The molecule has 0 aliphatic carbocycles. The van der Waals surface area contributed by atoms with Gasteiger partial charge in [-0.15, -0.1) is 0 Å². The Labute approximate surface area is 122 Å². The molecule has 104 valence electrons. The molecule has 1 saturated heterocycles. The molecule has 4 heteroatoms. The van der Waals surface area contributed by atoms with Crippen molar-refractivity contribution in [2.75, 3.05) is 13.1 Å². The Kier molecular flexibility index (Phi) is 4.29. The van der Waals surface area contributed by atoms with Gasteiger partial charge < -0.3 is 4.90 Å². The lowest BCUT2D eigenvalue weighted by Crippen LogP contribution is -2.42. The van der Waals surface area contributed by atoms with Crippen LogP contribution in [-0.2, 0) is 0 Å². The zero-order valence-corrected chi connectivity index (χ0v) is 13.0. The summed E-state index contributed by atoms with van der Waals surface area (Å²) in [5, 5.41) is 0. The third-order valence-electron chi connectivity index (χ3n) is 4.27. The first-order chi connectivity index (χ1) is 8.95. The fourth-order valence-electron chi connectivity index (χ4n) is 2.43. The lowest BCUT2D eigenvalue weighted by Gasteiger charge is -2.39. The molecule has 1 aliphatic rings. The van der Waals surface area contributed by atoms with Gasteiger partial charge in [-0.05, 0) is 52.4 Å². The number of rotatable bonds is 2. The first kappa shape index (κ1) is 14.5. The summed E-state index contributed by atoms with van der Waals surface area (Å²) in [6.45, 7) is 5.98. The number of nitrogens with zero attached hydrogens (tertiary/aromatic N) is 1. The molecule has 0 saturated carbocycles. The molecule has 1 aromatic rings. The summed E-state index contributed by atoms with van der Waals surface area (Å²) in [7, 11) is 0. The first-order valence-electron chi connectivity index (χ1n) is 6.69. The van der Waals surface area contributed by atoms with Crippen LogP contribution in [0.4, 0.5) is 4.39 Å². The molecule has 2 rings (SSSR count). The summed E-state index contributed by atoms with van der Waals surface area (Å²) >= 11 is 3.32. The molecule has 1 amide bonds. The Bertz CT molecular complexity index is 481. The molecule has 1 heterocycles. The summed E-state index contributed by atoms with van der Waals surface area (Å²) in [6.07, 6.45) is 3.17. The Balaban J connectivity index is 2.11. The van der Waals surface area contributed by atoms with E-state index in [-0.39, 0.29) is 11.7 Å². The normalized spacial score (nSPS) is 18.4. The molecule has 0 bridgehead atoms. The van der Waals surface area contributed by atoms with Crippen LogP contribution in [0, 0.1) is 11.2 Å². The van der Waals surface area contributed by atoms with Crippen molar-refractivity contribution in [1.29, 1.82) is 0 Å². The molecule has 0 aromatic heterocycles. The van der Waals surface area contributed by atoms with Crippen LogP contribution in [0.2, 0.25) is 0 Å². The van der Waals surface area contributed by atoms with Gasteiger partial charge in [0.15, 0.2) is 0 Å². The highest BCUT2D eigenvalue weighted by Gasteiger charge is 2.31. The van der Waals surface area contributed by atoms with E-state index in [0.717, 1.165) is 32.4 Å². The monoisotopic (exact) mass is 327 g/mol. The van der Waals surface area contributed by atoms with Crippen molar-refractivity contribution in [2.45, 2.75) is 33.1 Å². The Morgan fingerprint density at radius 2 is 2.05 bits per heavy atom. The van der Waals surface area contributed by atoms with Gasteiger partial charge in [0.1, 0.15) is 5.82 Å². The minimum absolute atomic E-state index is 0.0791. The molecule has 19 heavy (non-hydrogen) atoms. The molecule has 0 radical (unpaired) electrons. The summed E-state index contributed by atoms with van der Waals surface area (Å²) in [6, 6.07) is 4.24. The summed E-state index contributed by atoms with van der Waals surface area (Å²) < 4.78 is 13.9. The highest BCUT2D eigenvalue weighted by atomic mass is 79.9. The van der Waals surface area contributed by atoms with E-state index in [1.54, 1.807) is 6.07 Å². The van der Waals surface area contributed by atoms with Crippen LogP contribution in [-0.4, -0.2) is 23.9 Å². The van der Waals surface area contributed by atoms with Crippen LogP contribution in [0.1, 0.15) is 43.5 Å². The number of carbonyl (C=O) groups excluding carboxylic acids is 1. The van der Waals surface area contributed by atoms with Gasteiger partial charge in [0, 0.05) is 17.6 Å². The van der Waals surface area contributed by atoms with E-state index in [2.05, 4.69) is 29.8 Å². The maximum absolute atomic E-state index is 13.3. The molecular formula is C15H19BrFNO. The topological polar surface area (TPSA) is 20.3 Å². The zero-order valence-electron chi connectivity index (χ0n) is 11.4. The third-order valence-corrected chi connectivity index (χ3v) is 4.96. The average Bonchev–Trinajstić information content (AvgIpc) is 2.42. The van der Waals surface area contributed by atoms with Gasteiger partial charge in [0.2, 0.25) is 0 Å². The van der Waals surface area contributed by atoms with Crippen molar-refractivity contribution >= 4 is 21.8 Å². The van der Waals surface area contributed by atoms with Crippen molar-refractivity contribution in [3.63, 3.8) is 0 Å². The fourth-order valence-corrected chi connectivity index (χ4v) is 2.85. The number of piperidine rings is 1. The van der Waals surface area contributed by atoms with Crippen LogP contribution in [0.3, 0.4) is 0 Å². The number of carbonyl (C=O) groups is 1. The van der Waals surface area contributed by atoms with Gasteiger partial charge in [-0.2, -0.15) is 0 Å². The van der Waals surface area contributed by atoms with Crippen molar-refractivity contribution in [3.8, 4) is 0 Å². The van der Waals surface area contributed by atoms with E-state index < -0.39 is 0 Å². The fraction of sp³-hybridized carbons (Fsp3) is 0.533.